The van der Waals surface area contributed by atoms with E-state index in [0.29, 0.717) is 6.04 Å². The molecule has 2 nitrogen and oxygen atoms in total. The molecule has 112 valence electrons. The van der Waals surface area contributed by atoms with Gasteiger partial charge in [-0.05, 0) is 62.0 Å². The van der Waals surface area contributed by atoms with Crippen molar-refractivity contribution in [1.29, 1.82) is 0 Å². The van der Waals surface area contributed by atoms with E-state index in [1.807, 2.05) is 11.3 Å². The van der Waals surface area contributed by atoms with E-state index in [9.17, 15) is 0 Å². The van der Waals surface area contributed by atoms with Crippen molar-refractivity contribution in [2.45, 2.75) is 64.0 Å². The van der Waals surface area contributed by atoms with Crippen molar-refractivity contribution in [3.8, 4) is 0 Å². The highest BCUT2D eigenvalue weighted by atomic mass is 32.1. The second-order valence-corrected chi connectivity index (χ2v) is 7.70. The van der Waals surface area contributed by atoms with Crippen LogP contribution in [0.4, 0.5) is 0 Å². The summed E-state index contributed by atoms with van der Waals surface area (Å²) in [7, 11) is 0. The summed E-state index contributed by atoms with van der Waals surface area (Å²) in [6, 6.07) is 2.88. The first-order valence-corrected chi connectivity index (χ1v) is 9.11. The van der Waals surface area contributed by atoms with Crippen LogP contribution in [-0.4, -0.2) is 23.5 Å². The van der Waals surface area contributed by atoms with Crippen LogP contribution in [0, 0.1) is 5.92 Å². The Hall–Kier alpha value is -0.380. The third-order valence-electron chi connectivity index (χ3n) is 5.88. The van der Waals surface area contributed by atoms with Gasteiger partial charge in [0, 0.05) is 29.5 Å². The van der Waals surface area contributed by atoms with Crippen molar-refractivity contribution in [3.05, 3.63) is 21.9 Å². The van der Waals surface area contributed by atoms with Crippen molar-refractivity contribution in [2.75, 3.05) is 13.1 Å². The Morgan fingerprint density at radius 3 is 2.80 bits per heavy atom. The fourth-order valence-corrected chi connectivity index (χ4v) is 5.35. The molecular weight excluding hydrogens is 264 g/mol. The number of hydrogen-bond donors (Lipinski definition) is 1. The SMILES string of the molecule is CCC1CCC(CN)(N2CCc3sccc3C2C)CC1. The molecule has 1 aromatic rings. The molecule has 0 bridgehead atoms. The first kappa shape index (κ1) is 14.6. The monoisotopic (exact) mass is 292 g/mol. The highest BCUT2D eigenvalue weighted by Gasteiger charge is 2.42. The summed E-state index contributed by atoms with van der Waals surface area (Å²) in [6.07, 6.45) is 7.89. The third kappa shape index (κ3) is 2.34. The predicted molar refractivity (Wildman–Crippen MR) is 87.2 cm³/mol. The van der Waals surface area contributed by atoms with Gasteiger partial charge >= 0.3 is 0 Å². The lowest BCUT2D eigenvalue weighted by Gasteiger charge is -2.51. The topological polar surface area (TPSA) is 29.3 Å². The van der Waals surface area contributed by atoms with Crippen molar-refractivity contribution >= 4 is 11.3 Å². The van der Waals surface area contributed by atoms with Gasteiger partial charge in [0.05, 0.1) is 0 Å². The quantitative estimate of drug-likeness (QED) is 0.913. The highest BCUT2D eigenvalue weighted by Crippen LogP contribution is 2.44. The zero-order valence-electron chi connectivity index (χ0n) is 12.9. The van der Waals surface area contributed by atoms with Crippen molar-refractivity contribution in [1.82, 2.24) is 4.90 Å². The smallest absolute Gasteiger partial charge is 0.0338 e. The molecule has 1 saturated carbocycles. The van der Waals surface area contributed by atoms with Crippen LogP contribution in [0.1, 0.15) is 62.4 Å². The van der Waals surface area contributed by atoms with Gasteiger partial charge in [-0.25, -0.2) is 0 Å². The molecule has 0 aromatic carbocycles. The maximum atomic E-state index is 6.27. The summed E-state index contributed by atoms with van der Waals surface area (Å²) in [5.41, 5.74) is 8.10. The van der Waals surface area contributed by atoms with Crippen molar-refractivity contribution in [2.24, 2.45) is 11.7 Å². The molecule has 0 amide bonds. The predicted octanol–water partition coefficient (Wildman–Crippen LogP) is 3.96. The Morgan fingerprint density at radius 2 is 2.15 bits per heavy atom. The average Bonchev–Trinajstić information content (AvgIpc) is 2.97. The van der Waals surface area contributed by atoms with Crippen LogP contribution in [0.25, 0.3) is 0 Å². The van der Waals surface area contributed by atoms with Gasteiger partial charge in [-0.2, -0.15) is 0 Å². The maximum absolute atomic E-state index is 6.27. The van der Waals surface area contributed by atoms with Gasteiger partial charge < -0.3 is 5.73 Å². The standard InChI is InChI=1S/C17H28N2S/c1-3-14-4-8-17(12-18,9-5-14)19-10-6-16-15(13(19)2)7-11-20-16/h7,11,13-14H,3-6,8-10,12,18H2,1-2H3. The molecule has 1 aliphatic heterocycles. The van der Waals surface area contributed by atoms with Crippen molar-refractivity contribution < 1.29 is 0 Å². The van der Waals surface area contributed by atoms with Gasteiger partial charge in [-0.1, -0.05) is 13.3 Å². The molecule has 3 rings (SSSR count). The minimum atomic E-state index is 0.269. The Morgan fingerprint density at radius 1 is 1.40 bits per heavy atom. The highest BCUT2D eigenvalue weighted by molar-refractivity contribution is 7.10. The molecule has 1 unspecified atom stereocenters. The summed E-state index contributed by atoms with van der Waals surface area (Å²) in [5, 5.41) is 2.26. The molecule has 2 heterocycles. The van der Waals surface area contributed by atoms with E-state index in [2.05, 4.69) is 30.2 Å². The molecule has 0 radical (unpaired) electrons. The Labute approximate surface area is 127 Å². The fraction of sp³-hybridized carbons (Fsp3) is 0.765. The number of nitrogens with two attached hydrogens (primary N) is 1. The average molecular weight is 292 g/mol. The van der Waals surface area contributed by atoms with Crippen LogP contribution in [0.3, 0.4) is 0 Å². The van der Waals surface area contributed by atoms with Crippen molar-refractivity contribution in [3.63, 3.8) is 0 Å². The minimum absolute atomic E-state index is 0.269. The zero-order chi connectivity index (χ0) is 14.2. The Bertz CT molecular complexity index is 446. The van der Waals surface area contributed by atoms with Gasteiger partial charge in [0.25, 0.3) is 0 Å². The van der Waals surface area contributed by atoms with E-state index in [1.165, 1.54) is 45.1 Å². The van der Waals surface area contributed by atoms with Gasteiger partial charge in [-0.15, -0.1) is 11.3 Å². The van der Waals surface area contributed by atoms with Crippen LogP contribution in [0.5, 0.6) is 0 Å². The number of rotatable bonds is 3. The summed E-state index contributed by atoms with van der Waals surface area (Å²) in [6.45, 7) is 6.74. The van der Waals surface area contributed by atoms with Crippen LogP contribution < -0.4 is 5.73 Å². The zero-order valence-corrected chi connectivity index (χ0v) is 13.7. The molecule has 20 heavy (non-hydrogen) atoms. The molecule has 1 aromatic heterocycles. The lowest BCUT2D eigenvalue weighted by Crippen LogP contribution is -2.58. The van der Waals surface area contributed by atoms with Crippen LogP contribution >= 0.6 is 11.3 Å². The molecule has 0 saturated heterocycles. The second kappa shape index (κ2) is 5.78. The number of hydrogen-bond acceptors (Lipinski definition) is 3. The molecule has 3 heteroatoms. The molecule has 2 aliphatic rings. The van der Waals surface area contributed by atoms with Crippen LogP contribution in [-0.2, 0) is 6.42 Å². The van der Waals surface area contributed by atoms with Gasteiger partial charge in [0.2, 0.25) is 0 Å². The molecule has 1 fully saturated rings. The molecule has 1 atom stereocenters. The van der Waals surface area contributed by atoms with E-state index in [-0.39, 0.29) is 5.54 Å². The van der Waals surface area contributed by atoms with Gasteiger partial charge in [0.1, 0.15) is 0 Å². The fourth-order valence-electron chi connectivity index (χ4n) is 4.39. The normalized spacial score (nSPS) is 35.0. The summed E-state index contributed by atoms with van der Waals surface area (Å²) >= 11 is 1.93. The van der Waals surface area contributed by atoms with E-state index in [4.69, 9.17) is 5.73 Å². The third-order valence-corrected chi connectivity index (χ3v) is 6.88. The molecule has 0 spiro atoms. The molecule has 2 N–H and O–H groups in total. The Balaban J connectivity index is 1.81. The summed E-state index contributed by atoms with van der Waals surface area (Å²) < 4.78 is 0. The Kier molecular flexibility index (Phi) is 4.21. The van der Waals surface area contributed by atoms with E-state index < -0.39 is 0 Å². The second-order valence-electron chi connectivity index (χ2n) is 6.70. The largest absolute Gasteiger partial charge is 0.329 e. The maximum Gasteiger partial charge on any atom is 0.0338 e. The summed E-state index contributed by atoms with van der Waals surface area (Å²) in [4.78, 5) is 4.34. The van der Waals surface area contributed by atoms with E-state index in [1.54, 1.807) is 10.4 Å². The minimum Gasteiger partial charge on any atom is -0.329 e. The van der Waals surface area contributed by atoms with Gasteiger partial charge in [0.15, 0.2) is 0 Å². The molecular formula is C17H28N2S. The molecule has 1 aliphatic carbocycles. The number of thiophene rings is 1. The first-order chi connectivity index (χ1) is 9.70. The van der Waals surface area contributed by atoms with Gasteiger partial charge in [-0.3, -0.25) is 4.90 Å². The lowest BCUT2D eigenvalue weighted by atomic mass is 9.73. The van der Waals surface area contributed by atoms with Crippen LogP contribution in [0.2, 0.25) is 0 Å². The first-order valence-electron chi connectivity index (χ1n) is 8.23. The van der Waals surface area contributed by atoms with E-state index >= 15 is 0 Å². The van der Waals surface area contributed by atoms with E-state index in [0.717, 1.165) is 12.5 Å². The number of nitrogens with zero attached hydrogens (tertiary/aromatic N) is 1. The lowest BCUT2D eigenvalue weighted by molar-refractivity contribution is 0.00680. The summed E-state index contributed by atoms with van der Waals surface area (Å²) in [5.74, 6) is 0.937. The van der Waals surface area contributed by atoms with Crippen LogP contribution in [0.15, 0.2) is 11.4 Å². The number of fused-ring (bicyclic) bond motifs is 1.